The van der Waals surface area contributed by atoms with Crippen molar-refractivity contribution < 1.29 is 0 Å². The summed E-state index contributed by atoms with van der Waals surface area (Å²) in [4.78, 5) is 8.44. The molecule has 3 heterocycles. The van der Waals surface area contributed by atoms with E-state index in [0.717, 1.165) is 17.0 Å². The van der Waals surface area contributed by atoms with Crippen molar-refractivity contribution in [1.82, 2.24) is 19.6 Å². The van der Waals surface area contributed by atoms with Crippen molar-refractivity contribution in [1.29, 1.82) is 0 Å². The topological polar surface area (TPSA) is 43.1 Å². The van der Waals surface area contributed by atoms with Crippen LogP contribution in [0, 0.1) is 6.92 Å². The molecule has 78 valence electrons. The third-order valence-corrected chi connectivity index (χ3v) is 2.43. The highest BCUT2D eigenvalue weighted by Gasteiger charge is 2.05. The molecule has 3 rings (SSSR count). The Balaban J connectivity index is 2.19. The van der Waals surface area contributed by atoms with Crippen LogP contribution in [0.2, 0.25) is 0 Å². The number of aromatic nitrogens is 4. The van der Waals surface area contributed by atoms with E-state index >= 15 is 0 Å². The van der Waals surface area contributed by atoms with Crippen LogP contribution in [0.15, 0.2) is 42.9 Å². The first kappa shape index (κ1) is 9.03. The van der Waals surface area contributed by atoms with Gasteiger partial charge in [0.2, 0.25) is 0 Å². The summed E-state index contributed by atoms with van der Waals surface area (Å²) in [5.74, 6) is 0.730. The number of hydrogen-bond donors (Lipinski definition) is 0. The fourth-order valence-corrected chi connectivity index (χ4v) is 1.61. The predicted molar refractivity (Wildman–Crippen MR) is 61.0 cm³/mol. The number of nitrogens with zero attached hydrogens (tertiary/aromatic N) is 4. The van der Waals surface area contributed by atoms with E-state index in [2.05, 4.69) is 15.1 Å². The molecule has 0 bridgehead atoms. The van der Waals surface area contributed by atoms with Crippen LogP contribution in [0.5, 0.6) is 0 Å². The third kappa shape index (κ3) is 1.44. The second-order valence-corrected chi connectivity index (χ2v) is 3.68. The molecule has 0 aliphatic heterocycles. The number of fused-ring (bicyclic) bond motifs is 1. The second kappa shape index (κ2) is 3.41. The normalized spacial score (nSPS) is 10.8. The monoisotopic (exact) mass is 210 g/mol. The molecule has 0 aliphatic carbocycles. The lowest BCUT2D eigenvalue weighted by Gasteiger charge is -1.91. The zero-order chi connectivity index (χ0) is 11.0. The van der Waals surface area contributed by atoms with E-state index in [1.54, 1.807) is 16.9 Å². The van der Waals surface area contributed by atoms with Crippen LogP contribution in [-0.4, -0.2) is 19.6 Å². The van der Waals surface area contributed by atoms with E-state index in [9.17, 15) is 0 Å². The van der Waals surface area contributed by atoms with Gasteiger partial charge >= 0.3 is 0 Å². The molecule has 3 aromatic rings. The molecular formula is C12H10N4. The average molecular weight is 210 g/mol. The molecule has 16 heavy (non-hydrogen) atoms. The molecule has 4 nitrogen and oxygen atoms in total. The van der Waals surface area contributed by atoms with E-state index in [-0.39, 0.29) is 0 Å². The summed E-state index contributed by atoms with van der Waals surface area (Å²) >= 11 is 0. The lowest BCUT2D eigenvalue weighted by Crippen LogP contribution is -1.86. The molecule has 0 radical (unpaired) electrons. The van der Waals surface area contributed by atoms with Crippen LogP contribution in [0.3, 0.4) is 0 Å². The Kier molecular flexibility index (Phi) is 1.93. The summed E-state index contributed by atoms with van der Waals surface area (Å²) < 4.78 is 1.78. The van der Waals surface area contributed by atoms with E-state index in [0.29, 0.717) is 0 Å². The minimum Gasteiger partial charge on any atom is -0.265 e. The van der Waals surface area contributed by atoms with Gasteiger partial charge in [-0.2, -0.15) is 0 Å². The standard InChI is InChI=1S/C12H10N4/c1-9-4-7-16-11(8-9)14-12(15-16)10-2-5-13-6-3-10/h2-8H,1H3. The fourth-order valence-electron chi connectivity index (χ4n) is 1.61. The second-order valence-electron chi connectivity index (χ2n) is 3.68. The van der Waals surface area contributed by atoms with Gasteiger partial charge in [0.1, 0.15) is 0 Å². The molecule has 0 unspecified atom stereocenters. The van der Waals surface area contributed by atoms with Crippen molar-refractivity contribution in [2.75, 3.05) is 0 Å². The van der Waals surface area contributed by atoms with Crippen molar-refractivity contribution in [3.63, 3.8) is 0 Å². The Morgan fingerprint density at radius 1 is 1.12 bits per heavy atom. The molecule has 0 fully saturated rings. The zero-order valence-electron chi connectivity index (χ0n) is 8.83. The number of pyridine rings is 2. The zero-order valence-corrected chi connectivity index (χ0v) is 8.83. The largest absolute Gasteiger partial charge is 0.265 e. The quantitative estimate of drug-likeness (QED) is 0.617. The summed E-state index contributed by atoms with van der Waals surface area (Å²) in [5, 5.41) is 4.40. The fraction of sp³-hybridized carbons (Fsp3) is 0.0833. The van der Waals surface area contributed by atoms with Crippen LogP contribution < -0.4 is 0 Å². The van der Waals surface area contributed by atoms with Crippen molar-refractivity contribution in [3.8, 4) is 11.4 Å². The molecular weight excluding hydrogens is 200 g/mol. The first-order valence-corrected chi connectivity index (χ1v) is 5.06. The number of rotatable bonds is 1. The van der Waals surface area contributed by atoms with E-state index in [1.807, 2.05) is 37.4 Å². The molecule has 0 N–H and O–H groups in total. The highest BCUT2D eigenvalue weighted by molar-refractivity contribution is 5.57. The summed E-state index contributed by atoms with van der Waals surface area (Å²) in [6, 6.07) is 7.83. The van der Waals surface area contributed by atoms with E-state index in [4.69, 9.17) is 0 Å². The summed E-state index contributed by atoms with van der Waals surface area (Å²) in [6.45, 7) is 2.04. The van der Waals surface area contributed by atoms with Gasteiger partial charge in [0.25, 0.3) is 0 Å². The van der Waals surface area contributed by atoms with Crippen molar-refractivity contribution in [2.24, 2.45) is 0 Å². The summed E-state index contributed by atoms with van der Waals surface area (Å²) in [6.07, 6.45) is 5.40. The molecule has 0 aromatic carbocycles. The Hall–Kier alpha value is -2.23. The SMILES string of the molecule is Cc1ccn2nc(-c3ccncc3)nc2c1. The first-order chi connectivity index (χ1) is 7.83. The molecule has 0 atom stereocenters. The predicted octanol–water partition coefficient (Wildman–Crippen LogP) is 2.10. The van der Waals surface area contributed by atoms with Gasteiger partial charge in [-0.15, -0.1) is 5.10 Å². The summed E-state index contributed by atoms with van der Waals surface area (Å²) in [5.41, 5.74) is 3.03. The van der Waals surface area contributed by atoms with Gasteiger partial charge < -0.3 is 0 Å². The number of aryl methyl sites for hydroxylation is 1. The van der Waals surface area contributed by atoms with Gasteiger partial charge in [-0.25, -0.2) is 9.50 Å². The molecule has 0 saturated heterocycles. The minimum atomic E-state index is 0.730. The van der Waals surface area contributed by atoms with Crippen LogP contribution in [0.4, 0.5) is 0 Å². The maximum absolute atomic E-state index is 4.47. The molecule has 0 saturated carbocycles. The maximum atomic E-state index is 4.47. The van der Waals surface area contributed by atoms with E-state index in [1.165, 1.54) is 5.56 Å². The minimum absolute atomic E-state index is 0.730. The first-order valence-electron chi connectivity index (χ1n) is 5.06. The van der Waals surface area contributed by atoms with Gasteiger partial charge in [0.15, 0.2) is 11.5 Å². The van der Waals surface area contributed by atoms with Crippen LogP contribution in [0.1, 0.15) is 5.56 Å². The maximum Gasteiger partial charge on any atom is 0.182 e. The Bertz CT molecular complexity index is 628. The van der Waals surface area contributed by atoms with E-state index < -0.39 is 0 Å². The lowest BCUT2D eigenvalue weighted by molar-refractivity contribution is 0.962. The third-order valence-electron chi connectivity index (χ3n) is 2.43. The Morgan fingerprint density at radius 2 is 1.94 bits per heavy atom. The highest BCUT2D eigenvalue weighted by Crippen LogP contribution is 2.15. The number of hydrogen-bond acceptors (Lipinski definition) is 3. The smallest absolute Gasteiger partial charge is 0.182 e. The molecule has 3 aromatic heterocycles. The van der Waals surface area contributed by atoms with Gasteiger partial charge in [-0.1, -0.05) is 0 Å². The molecule has 0 amide bonds. The van der Waals surface area contributed by atoms with Gasteiger partial charge in [-0.3, -0.25) is 4.98 Å². The molecule has 4 heteroatoms. The lowest BCUT2D eigenvalue weighted by atomic mass is 10.2. The van der Waals surface area contributed by atoms with Crippen LogP contribution in [-0.2, 0) is 0 Å². The summed E-state index contributed by atoms with van der Waals surface area (Å²) in [7, 11) is 0. The Morgan fingerprint density at radius 3 is 2.75 bits per heavy atom. The van der Waals surface area contributed by atoms with Gasteiger partial charge in [-0.05, 0) is 36.8 Å². The van der Waals surface area contributed by atoms with Crippen molar-refractivity contribution in [3.05, 3.63) is 48.4 Å². The Labute approximate surface area is 92.6 Å². The molecule has 0 aliphatic rings. The van der Waals surface area contributed by atoms with Crippen LogP contribution >= 0.6 is 0 Å². The van der Waals surface area contributed by atoms with Crippen molar-refractivity contribution in [2.45, 2.75) is 6.92 Å². The van der Waals surface area contributed by atoms with Gasteiger partial charge in [0.05, 0.1) is 0 Å². The van der Waals surface area contributed by atoms with Crippen LogP contribution in [0.25, 0.3) is 17.0 Å². The highest BCUT2D eigenvalue weighted by atomic mass is 15.3. The van der Waals surface area contributed by atoms with Gasteiger partial charge in [0, 0.05) is 24.2 Å². The molecule has 0 spiro atoms. The van der Waals surface area contributed by atoms with Crippen molar-refractivity contribution >= 4 is 5.65 Å². The average Bonchev–Trinajstić information content (AvgIpc) is 2.73.